The predicted octanol–water partition coefficient (Wildman–Crippen LogP) is 3.30. The number of aryl methyl sites for hydroxylation is 4. The Hall–Kier alpha value is -1.47. The highest BCUT2D eigenvalue weighted by Gasteiger charge is 2.17. The van der Waals surface area contributed by atoms with E-state index in [0.29, 0.717) is 6.54 Å². The first-order valence-corrected chi connectivity index (χ1v) is 10.0. The van der Waals surface area contributed by atoms with Gasteiger partial charge in [-0.2, -0.15) is 0 Å². The van der Waals surface area contributed by atoms with Gasteiger partial charge in [0.1, 0.15) is 10.0 Å². The molecule has 0 spiro atoms. The van der Waals surface area contributed by atoms with Crippen LogP contribution in [0.15, 0.2) is 4.99 Å². The average Bonchev–Trinajstić information content (AvgIpc) is 3.10. The van der Waals surface area contributed by atoms with Crippen molar-refractivity contribution < 1.29 is 0 Å². The van der Waals surface area contributed by atoms with Crippen LogP contribution in [0.3, 0.4) is 0 Å². The monoisotopic (exact) mass is 363 g/mol. The quantitative estimate of drug-likeness (QED) is 0.669. The molecule has 2 aromatic rings. The van der Waals surface area contributed by atoms with E-state index < -0.39 is 0 Å². The first-order chi connectivity index (χ1) is 11.6. The van der Waals surface area contributed by atoms with Crippen molar-refractivity contribution in [3.8, 4) is 0 Å². The van der Waals surface area contributed by atoms with Crippen molar-refractivity contribution in [1.82, 2.24) is 20.2 Å². The number of hydrogen-bond acceptors (Lipinski definition) is 5. The molecule has 130 valence electrons. The maximum absolute atomic E-state index is 4.82. The van der Waals surface area contributed by atoms with E-state index in [0.717, 1.165) is 29.6 Å². The molecule has 1 N–H and O–H groups in total. The van der Waals surface area contributed by atoms with Gasteiger partial charge in [-0.25, -0.2) is 9.97 Å². The first-order valence-electron chi connectivity index (χ1n) is 8.39. The third kappa shape index (κ3) is 3.95. The Morgan fingerprint density at radius 3 is 2.62 bits per heavy atom. The summed E-state index contributed by atoms with van der Waals surface area (Å²) >= 11 is 3.61. The number of aromatic nitrogens is 2. The summed E-state index contributed by atoms with van der Waals surface area (Å²) in [5.41, 5.74) is 2.44. The number of hydrogen-bond donors (Lipinski definition) is 1. The van der Waals surface area contributed by atoms with E-state index in [1.54, 1.807) is 11.3 Å². The average molecular weight is 364 g/mol. The Bertz CT molecular complexity index is 688. The minimum absolute atomic E-state index is 0.713. The molecule has 0 unspecified atom stereocenters. The summed E-state index contributed by atoms with van der Waals surface area (Å²) in [7, 11) is 3.89. The normalized spacial score (nSPS) is 14.6. The number of fused-ring (bicyclic) bond motifs is 1. The van der Waals surface area contributed by atoms with Gasteiger partial charge in [0.15, 0.2) is 5.96 Å². The molecule has 1 aliphatic rings. The number of nitrogens with zero attached hydrogens (tertiary/aromatic N) is 4. The Morgan fingerprint density at radius 1 is 1.17 bits per heavy atom. The Kier molecular flexibility index (Phi) is 5.50. The van der Waals surface area contributed by atoms with Gasteiger partial charge in [-0.15, -0.1) is 22.7 Å². The highest BCUT2D eigenvalue weighted by Crippen LogP contribution is 2.27. The lowest BCUT2D eigenvalue weighted by Crippen LogP contribution is -2.38. The molecular formula is C17H25N5S2. The molecule has 0 saturated carbocycles. The topological polar surface area (TPSA) is 53.4 Å². The summed E-state index contributed by atoms with van der Waals surface area (Å²) in [5, 5.41) is 5.70. The van der Waals surface area contributed by atoms with Crippen molar-refractivity contribution in [2.45, 2.75) is 52.6 Å². The number of rotatable bonds is 4. The summed E-state index contributed by atoms with van der Waals surface area (Å²) in [6.07, 6.45) is 4.93. The van der Waals surface area contributed by atoms with Crippen LogP contribution in [-0.2, 0) is 25.9 Å². The van der Waals surface area contributed by atoms with E-state index in [1.165, 1.54) is 39.7 Å². The first kappa shape index (κ1) is 17.4. The van der Waals surface area contributed by atoms with Gasteiger partial charge in [0, 0.05) is 23.8 Å². The smallest absolute Gasteiger partial charge is 0.194 e. The van der Waals surface area contributed by atoms with Gasteiger partial charge in [-0.1, -0.05) is 0 Å². The van der Waals surface area contributed by atoms with Crippen molar-refractivity contribution in [2.24, 2.45) is 4.99 Å². The zero-order valence-electron chi connectivity index (χ0n) is 14.8. The second-order valence-electron chi connectivity index (χ2n) is 6.19. The minimum Gasteiger partial charge on any atom is -0.350 e. The second-order valence-corrected chi connectivity index (χ2v) is 8.65. The Morgan fingerprint density at radius 2 is 1.96 bits per heavy atom. The van der Waals surface area contributed by atoms with E-state index in [2.05, 4.69) is 41.1 Å². The Balaban J connectivity index is 1.59. The van der Waals surface area contributed by atoms with Crippen LogP contribution in [0.5, 0.6) is 0 Å². The third-order valence-corrected chi connectivity index (χ3v) is 6.52. The molecule has 0 aliphatic heterocycles. The summed E-state index contributed by atoms with van der Waals surface area (Å²) in [6.45, 7) is 5.68. The third-order valence-electron chi connectivity index (χ3n) is 4.31. The van der Waals surface area contributed by atoms with Crippen LogP contribution in [0.1, 0.15) is 44.0 Å². The van der Waals surface area contributed by atoms with Gasteiger partial charge >= 0.3 is 0 Å². The molecule has 0 atom stereocenters. The number of aliphatic imine (C=N–C) groups is 1. The van der Waals surface area contributed by atoms with Crippen molar-refractivity contribution >= 4 is 28.6 Å². The van der Waals surface area contributed by atoms with Crippen LogP contribution in [0, 0.1) is 13.8 Å². The fourth-order valence-corrected chi connectivity index (χ4v) is 4.99. The molecule has 2 aromatic heterocycles. The highest BCUT2D eigenvalue weighted by atomic mass is 32.1. The van der Waals surface area contributed by atoms with Gasteiger partial charge in [0.2, 0.25) is 0 Å². The van der Waals surface area contributed by atoms with Crippen molar-refractivity contribution in [1.29, 1.82) is 0 Å². The molecule has 24 heavy (non-hydrogen) atoms. The standard InChI is InChI=1S/C17H25N5S2/c1-11-12(2)23-15(20-11)9-19-17(18-3)22(4)10-16-21-13-7-5-6-8-14(13)24-16/h5-10H2,1-4H3,(H,18,19). The van der Waals surface area contributed by atoms with E-state index in [-0.39, 0.29) is 0 Å². The van der Waals surface area contributed by atoms with Crippen molar-refractivity contribution in [2.75, 3.05) is 14.1 Å². The highest BCUT2D eigenvalue weighted by molar-refractivity contribution is 7.12. The van der Waals surface area contributed by atoms with Gasteiger partial charge < -0.3 is 10.2 Å². The summed E-state index contributed by atoms with van der Waals surface area (Å²) in [4.78, 5) is 18.7. The summed E-state index contributed by atoms with van der Waals surface area (Å²) < 4.78 is 0. The largest absolute Gasteiger partial charge is 0.350 e. The Labute approximate surface area is 151 Å². The zero-order valence-corrected chi connectivity index (χ0v) is 16.5. The summed E-state index contributed by atoms with van der Waals surface area (Å²) in [6, 6.07) is 0. The molecule has 2 heterocycles. The van der Waals surface area contributed by atoms with E-state index in [4.69, 9.17) is 4.98 Å². The number of guanidine groups is 1. The van der Waals surface area contributed by atoms with Crippen LogP contribution in [-0.4, -0.2) is 34.9 Å². The van der Waals surface area contributed by atoms with E-state index in [9.17, 15) is 0 Å². The van der Waals surface area contributed by atoms with Crippen LogP contribution < -0.4 is 5.32 Å². The van der Waals surface area contributed by atoms with Crippen molar-refractivity contribution in [3.63, 3.8) is 0 Å². The van der Waals surface area contributed by atoms with Gasteiger partial charge in [-0.05, 0) is 39.5 Å². The zero-order chi connectivity index (χ0) is 17.1. The molecule has 0 aromatic carbocycles. The van der Waals surface area contributed by atoms with Gasteiger partial charge in [0.05, 0.1) is 24.5 Å². The minimum atomic E-state index is 0.713. The maximum atomic E-state index is 4.82. The molecule has 0 amide bonds. The number of thiazole rings is 2. The molecule has 3 rings (SSSR count). The van der Waals surface area contributed by atoms with Crippen LogP contribution in [0.25, 0.3) is 0 Å². The fraction of sp³-hybridized carbons (Fsp3) is 0.588. The lowest BCUT2D eigenvalue weighted by Gasteiger charge is -2.20. The molecular weight excluding hydrogens is 338 g/mol. The summed E-state index contributed by atoms with van der Waals surface area (Å²) in [5.74, 6) is 0.883. The van der Waals surface area contributed by atoms with E-state index in [1.807, 2.05) is 18.4 Å². The lowest BCUT2D eigenvalue weighted by molar-refractivity contribution is 0.474. The molecule has 7 heteroatoms. The lowest BCUT2D eigenvalue weighted by atomic mass is 10.0. The molecule has 0 bridgehead atoms. The van der Waals surface area contributed by atoms with Crippen molar-refractivity contribution in [3.05, 3.63) is 31.2 Å². The molecule has 1 aliphatic carbocycles. The van der Waals surface area contributed by atoms with Gasteiger partial charge in [-0.3, -0.25) is 4.99 Å². The van der Waals surface area contributed by atoms with Crippen LogP contribution in [0.2, 0.25) is 0 Å². The van der Waals surface area contributed by atoms with E-state index >= 15 is 0 Å². The van der Waals surface area contributed by atoms with Crippen LogP contribution >= 0.6 is 22.7 Å². The maximum Gasteiger partial charge on any atom is 0.194 e. The molecule has 5 nitrogen and oxygen atoms in total. The molecule has 0 saturated heterocycles. The SMILES string of the molecule is CN=C(NCc1nc(C)c(C)s1)N(C)Cc1nc2c(s1)CCCC2. The van der Waals surface area contributed by atoms with Crippen LogP contribution in [0.4, 0.5) is 0 Å². The second kappa shape index (κ2) is 7.61. The van der Waals surface area contributed by atoms with Gasteiger partial charge in [0.25, 0.3) is 0 Å². The molecule has 0 fully saturated rings. The number of nitrogens with one attached hydrogen (secondary N) is 1. The molecule has 0 radical (unpaired) electrons. The predicted molar refractivity (Wildman–Crippen MR) is 102 cm³/mol. The fourth-order valence-electron chi connectivity index (χ4n) is 2.91.